The molecule has 1 aliphatic rings. The second-order valence-electron chi connectivity index (χ2n) is 5.47. The van der Waals surface area contributed by atoms with Crippen molar-refractivity contribution < 1.29 is 32.0 Å². The van der Waals surface area contributed by atoms with Crippen LogP contribution in [0.25, 0.3) is 0 Å². The lowest BCUT2D eigenvalue weighted by atomic mass is 10.4. The predicted octanol–water partition coefficient (Wildman–Crippen LogP) is -0.247. The average molecular weight is 338 g/mol. The van der Waals surface area contributed by atoms with E-state index in [0.29, 0.717) is 6.73 Å². The highest BCUT2D eigenvalue weighted by molar-refractivity contribution is 7.85. The number of ether oxygens (including phenoxy) is 1. The number of aliphatic hydroxyl groups excluding tert-OH is 1. The van der Waals surface area contributed by atoms with Crippen molar-refractivity contribution in [3.05, 3.63) is 11.8 Å². The van der Waals surface area contributed by atoms with E-state index in [1.165, 1.54) is 13.3 Å². The maximum atomic E-state index is 10.4. The molecule has 0 aromatic rings. The van der Waals surface area contributed by atoms with E-state index in [1.54, 1.807) is 0 Å². The Balaban J connectivity index is 0.000000406. The molecule has 0 saturated carbocycles. The Morgan fingerprint density at radius 3 is 2.55 bits per heavy atom. The molecule has 8 nitrogen and oxygen atoms in total. The van der Waals surface area contributed by atoms with Crippen LogP contribution in [-0.4, -0.2) is 64.5 Å². The molecular formula is C13H26N2O6S. The van der Waals surface area contributed by atoms with Crippen LogP contribution in [0.5, 0.6) is 0 Å². The largest absolute Gasteiger partial charge is 0.858 e. The second kappa shape index (κ2) is 9.78. The van der Waals surface area contributed by atoms with Crippen LogP contribution in [0.4, 0.5) is 0 Å². The summed E-state index contributed by atoms with van der Waals surface area (Å²) in [6.07, 6.45) is 3.30. The Labute approximate surface area is 132 Å². The molecule has 0 atom stereocenters. The molecule has 0 radical (unpaired) electrons. The fraction of sp³-hybridized carbons (Fsp3) is 0.769. The Hall–Kier alpha value is -1.16. The number of rotatable bonds is 7. The molecule has 0 fully saturated rings. The minimum atomic E-state index is -3.97. The van der Waals surface area contributed by atoms with Gasteiger partial charge in [-0.25, -0.2) is 0 Å². The Morgan fingerprint density at radius 1 is 1.45 bits per heavy atom. The van der Waals surface area contributed by atoms with E-state index in [-0.39, 0.29) is 12.4 Å². The highest BCUT2D eigenvalue weighted by atomic mass is 32.2. The fourth-order valence-electron chi connectivity index (χ4n) is 1.41. The van der Waals surface area contributed by atoms with Gasteiger partial charge in [-0.1, -0.05) is 13.3 Å². The third-order valence-corrected chi connectivity index (χ3v) is 3.43. The molecule has 1 rings (SSSR count). The van der Waals surface area contributed by atoms with Crippen molar-refractivity contribution in [3.8, 4) is 0 Å². The van der Waals surface area contributed by atoms with E-state index in [9.17, 15) is 13.5 Å². The number of likely N-dealkylation sites (N-methyl/N-ethyl adjacent to an activating group) is 1. The molecule has 1 aliphatic heterocycles. The topological polar surface area (TPSA) is 108 Å². The van der Waals surface area contributed by atoms with Gasteiger partial charge in [0.15, 0.2) is 6.73 Å². The Morgan fingerprint density at radius 2 is 2.09 bits per heavy atom. The number of aliphatic hydroxyl groups is 1. The molecule has 0 spiro atoms. The molecule has 0 unspecified atom stereocenters. The SMILES string of the molecule is CC1=CC([O-])=NS(=O)(=O)O1.CCCCOC[N+](C)(C)CCO. The number of allylic oxidation sites excluding steroid dienone is 1. The minimum Gasteiger partial charge on any atom is -0.858 e. The number of hydrogen-bond acceptors (Lipinski definition) is 6. The summed E-state index contributed by atoms with van der Waals surface area (Å²) in [5.74, 6) is -0.760. The molecular weight excluding hydrogens is 312 g/mol. The highest BCUT2D eigenvalue weighted by Gasteiger charge is 2.13. The summed E-state index contributed by atoms with van der Waals surface area (Å²) in [6.45, 7) is 6.03. The molecule has 1 heterocycles. The van der Waals surface area contributed by atoms with E-state index in [1.807, 2.05) is 0 Å². The smallest absolute Gasteiger partial charge is 0.427 e. The fourth-order valence-corrected chi connectivity index (χ4v) is 2.10. The first-order valence-electron chi connectivity index (χ1n) is 7.02. The second-order valence-corrected chi connectivity index (χ2v) is 6.67. The summed E-state index contributed by atoms with van der Waals surface area (Å²) in [5.41, 5.74) is 0. The van der Waals surface area contributed by atoms with Crippen LogP contribution in [0.2, 0.25) is 0 Å². The van der Waals surface area contributed by atoms with E-state index in [0.717, 1.165) is 30.1 Å². The summed E-state index contributed by atoms with van der Waals surface area (Å²) in [4.78, 5) is 0. The van der Waals surface area contributed by atoms with Crippen LogP contribution in [0, 0.1) is 0 Å². The molecule has 130 valence electrons. The van der Waals surface area contributed by atoms with Crippen molar-refractivity contribution in [3.63, 3.8) is 0 Å². The Bertz CT molecular complexity index is 485. The molecule has 0 amide bonds. The normalized spacial score (nSPS) is 16.8. The maximum absolute atomic E-state index is 10.4. The van der Waals surface area contributed by atoms with Gasteiger partial charge in [-0.2, -0.15) is 8.42 Å². The first kappa shape index (κ1) is 20.8. The van der Waals surface area contributed by atoms with Gasteiger partial charge < -0.3 is 23.6 Å². The van der Waals surface area contributed by atoms with Gasteiger partial charge in [-0.15, -0.1) is 4.40 Å². The lowest BCUT2D eigenvalue weighted by Gasteiger charge is -2.28. The summed E-state index contributed by atoms with van der Waals surface area (Å²) < 4.78 is 33.9. The van der Waals surface area contributed by atoms with Gasteiger partial charge in [0.25, 0.3) is 0 Å². The van der Waals surface area contributed by atoms with Gasteiger partial charge in [-0.3, -0.25) is 0 Å². The number of nitrogens with zero attached hydrogens (tertiary/aromatic N) is 2. The van der Waals surface area contributed by atoms with E-state index in [2.05, 4.69) is 29.6 Å². The predicted molar refractivity (Wildman–Crippen MR) is 81.0 cm³/mol. The minimum absolute atomic E-state index is 0.0417. The van der Waals surface area contributed by atoms with Crippen LogP contribution < -0.4 is 5.11 Å². The lowest BCUT2D eigenvalue weighted by Crippen LogP contribution is -2.43. The molecule has 0 saturated heterocycles. The molecule has 0 bridgehead atoms. The van der Waals surface area contributed by atoms with Crippen LogP contribution in [0.3, 0.4) is 0 Å². The van der Waals surface area contributed by atoms with Crippen LogP contribution >= 0.6 is 0 Å². The van der Waals surface area contributed by atoms with Crippen molar-refractivity contribution in [2.45, 2.75) is 26.7 Å². The van der Waals surface area contributed by atoms with E-state index in [4.69, 9.17) is 9.84 Å². The van der Waals surface area contributed by atoms with Crippen LogP contribution in [0.1, 0.15) is 26.7 Å². The summed E-state index contributed by atoms with van der Waals surface area (Å²) in [6, 6.07) is 0. The zero-order valence-electron chi connectivity index (χ0n) is 13.6. The first-order valence-corrected chi connectivity index (χ1v) is 8.38. The molecule has 22 heavy (non-hydrogen) atoms. The zero-order valence-corrected chi connectivity index (χ0v) is 14.4. The monoisotopic (exact) mass is 338 g/mol. The zero-order chi connectivity index (χ0) is 17.2. The highest BCUT2D eigenvalue weighted by Crippen LogP contribution is 2.09. The van der Waals surface area contributed by atoms with Crippen molar-refractivity contribution >= 4 is 16.2 Å². The summed E-state index contributed by atoms with van der Waals surface area (Å²) >= 11 is 0. The van der Waals surface area contributed by atoms with Gasteiger partial charge in [0, 0.05) is 5.90 Å². The van der Waals surface area contributed by atoms with E-state index < -0.39 is 16.2 Å². The molecule has 9 heteroatoms. The van der Waals surface area contributed by atoms with Gasteiger partial charge in [0.05, 0.1) is 27.3 Å². The van der Waals surface area contributed by atoms with Gasteiger partial charge in [-0.05, 0) is 19.4 Å². The number of hydrogen-bond donors (Lipinski definition) is 1. The third kappa shape index (κ3) is 10.6. The van der Waals surface area contributed by atoms with Crippen LogP contribution in [0.15, 0.2) is 16.2 Å². The summed E-state index contributed by atoms with van der Waals surface area (Å²) in [7, 11) is 0.141. The molecule has 1 N–H and O–H groups in total. The van der Waals surface area contributed by atoms with Gasteiger partial charge in [0.2, 0.25) is 0 Å². The average Bonchev–Trinajstić information content (AvgIpc) is 2.32. The van der Waals surface area contributed by atoms with Crippen LogP contribution in [-0.2, 0) is 19.2 Å². The molecule has 0 aromatic carbocycles. The number of quaternary nitrogens is 1. The third-order valence-electron chi connectivity index (χ3n) is 2.55. The standard InChI is InChI=1S/C9H22NO2.C4H5NO4S/c1-4-5-8-12-9-10(2,3)6-7-11;1-3-2-4(6)5-10(7,8)9-3/h11H,4-9H2,1-3H3;2H,1H3,(H,5,6)/q+1;/p-1. The lowest BCUT2D eigenvalue weighted by molar-refractivity contribution is -0.910. The summed E-state index contributed by atoms with van der Waals surface area (Å²) in [5, 5.41) is 19.1. The van der Waals surface area contributed by atoms with Crippen molar-refractivity contribution in [2.24, 2.45) is 4.40 Å². The first-order chi connectivity index (χ1) is 10.1. The quantitative estimate of drug-likeness (QED) is 0.390. The van der Waals surface area contributed by atoms with E-state index >= 15 is 0 Å². The Kier molecular flexibility index (Phi) is 9.26. The number of unbranched alkanes of at least 4 members (excludes halogenated alkanes) is 1. The van der Waals surface area contributed by atoms with Gasteiger partial charge >= 0.3 is 10.3 Å². The van der Waals surface area contributed by atoms with Crippen molar-refractivity contribution in [2.75, 3.05) is 40.6 Å². The molecule has 0 aromatic heterocycles. The van der Waals surface area contributed by atoms with Crippen molar-refractivity contribution in [1.82, 2.24) is 0 Å². The maximum Gasteiger partial charge on any atom is 0.427 e. The molecule has 0 aliphatic carbocycles. The van der Waals surface area contributed by atoms with Crippen molar-refractivity contribution in [1.29, 1.82) is 0 Å². The van der Waals surface area contributed by atoms with Gasteiger partial charge in [0.1, 0.15) is 12.3 Å².